The number of amides is 1. The summed E-state index contributed by atoms with van der Waals surface area (Å²) in [6, 6.07) is 13.4. The van der Waals surface area contributed by atoms with Crippen molar-refractivity contribution in [3.8, 4) is 11.5 Å². The third-order valence-corrected chi connectivity index (χ3v) is 5.26. The lowest BCUT2D eigenvalue weighted by molar-refractivity contribution is -0.0129. The highest BCUT2D eigenvalue weighted by Gasteiger charge is 2.33. The van der Waals surface area contributed by atoms with Crippen LogP contribution in [0.25, 0.3) is 0 Å². The number of aromatic hydroxyl groups is 1. The number of carbonyl (C=O) groups excluding carboxylic acids is 1. The van der Waals surface area contributed by atoms with Crippen LogP contribution in [-0.2, 0) is 0 Å². The zero-order valence-electron chi connectivity index (χ0n) is 15.0. The number of hydrogen-bond donors (Lipinski definition) is 3. The third kappa shape index (κ3) is 5.62. The molecular weight excluding hydrogens is 366 g/mol. The van der Waals surface area contributed by atoms with Gasteiger partial charge in [-0.05, 0) is 74.1 Å². The standard InChI is InChI=1S/C21H24ClNO4/c22-17-2-1-3-19(12-17)27-13-15-8-10-21(26,11-9-15)14-23-20(25)16-4-6-18(24)7-5-16/h1-7,12,15,24,26H,8-11,13-14H2,(H,23,25)/t15-,21-. The average Bonchev–Trinajstić information content (AvgIpc) is 2.66. The van der Waals surface area contributed by atoms with Gasteiger partial charge in [-0.25, -0.2) is 0 Å². The Morgan fingerprint density at radius 1 is 1.19 bits per heavy atom. The Balaban J connectivity index is 1.43. The van der Waals surface area contributed by atoms with Crippen LogP contribution in [0.2, 0.25) is 5.02 Å². The molecule has 0 radical (unpaired) electrons. The number of phenols is 1. The molecule has 2 aromatic carbocycles. The van der Waals surface area contributed by atoms with Crippen LogP contribution < -0.4 is 10.1 Å². The van der Waals surface area contributed by atoms with E-state index in [0.29, 0.717) is 36.0 Å². The van der Waals surface area contributed by atoms with E-state index in [4.69, 9.17) is 16.3 Å². The zero-order valence-corrected chi connectivity index (χ0v) is 15.8. The second-order valence-electron chi connectivity index (χ2n) is 7.17. The van der Waals surface area contributed by atoms with Gasteiger partial charge in [0.2, 0.25) is 0 Å². The van der Waals surface area contributed by atoms with Gasteiger partial charge in [0, 0.05) is 17.1 Å². The lowest BCUT2D eigenvalue weighted by Crippen LogP contribution is -2.45. The first kappa shape index (κ1) is 19.5. The molecule has 0 heterocycles. The van der Waals surface area contributed by atoms with Gasteiger partial charge in [-0.15, -0.1) is 0 Å². The fourth-order valence-corrected chi connectivity index (χ4v) is 3.47. The molecule has 6 heteroatoms. The minimum absolute atomic E-state index is 0.114. The fourth-order valence-electron chi connectivity index (χ4n) is 3.29. The van der Waals surface area contributed by atoms with E-state index in [9.17, 15) is 15.0 Å². The Morgan fingerprint density at radius 2 is 1.89 bits per heavy atom. The summed E-state index contributed by atoms with van der Waals surface area (Å²) < 4.78 is 5.80. The zero-order chi connectivity index (χ0) is 19.3. The van der Waals surface area contributed by atoms with E-state index in [1.165, 1.54) is 12.1 Å². The van der Waals surface area contributed by atoms with Crippen LogP contribution in [0, 0.1) is 5.92 Å². The van der Waals surface area contributed by atoms with Crippen molar-refractivity contribution in [2.24, 2.45) is 5.92 Å². The molecular formula is C21H24ClNO4. The molecule has 144 valence electrons. The Kier molecular flexibility index (Phi) is 6.24. The van der Waals surface area contributed by atoms with Crippen LogP contribution in [0.4, 0.5) is 0 Å². The van der Waals surface area contributed by atoms with Gasteiger partial charge in [-0.1, -0.05) is 17.7 Å². The van der Waals surface area contributed by atoms with Crippen molar-refractivity contribution in [2.75, 3.05) is 13.2 Å². The second kappa shape index (κ2) is 8.63. The average molecular weight is 390 g/mol. The van der Waals surface area contributed by atoms with E-state index >= 15 is 0 Å². The summed E-state index contributed by atoms with van der Waals surface area (Å²) in [6.07, 6.45) is 2.91. The molecule has 0 saturated heterocycles. The van der Waals surface area contributed by atoms with Gasteiger partial charge in [0.05, 0.1) is 12.2 Å². The quantitative estimate of drug-likeness (QED) is 0.702. The lowest BCUT2D eigenvalue weighted by Gasteiger charge is -2.36. The first-order valence-electron chi connectivity index (χ1n) is 9.11. The Hall–Kier alpha value is -2.24. The number of ether oxygens (including phenoxy) is 1. The maximum Gasteiger partial charge on any atom is 0.251 e. The van der Waals surface area contributed by atoms with Gasteiger partial charge in [0.25, 0.3) is 5.91 Å². The Morgan fingerprint density at radius 3 is 2.56 bits per heavy atom. The molecule has 0 spiro atoms. The van der Waals surface area contributed by atoms with E-state index in [1.54, 1.807) is 18.2 Å². The summed E-state index contributed by atoms with van der Waals surface area (Å²) in [6.45, 7) is 0.810. The molecule has 0 bridgehead atoms. The molecule has 1 amide bonds. The minimum Gasteiger partial charge on any atom is -0.508 e. The van der Waals surface area contributed by atoms with Crippen molar-refractivity contribution in [1.82, 2.24) is 5.32 Å². The number of nitrogens with one attached hydrogen (secondary N) is 1. The summed E-state index contributed by atoms with van der Waals surface area (Å²) in [5.74, 6) is 0.986. The van der Waals surface area contributed by atoms with Crippen LogP contribution in [0.5, 0.6) is 11.5 Å². The monoisotopic (exact) mass is 389 g/mol. The minimum atomic E-state index is -0.890. The van der Waals surface area contributed by atoms with Crippen LogP contribution >= 0.6 is 11.6 Å². The summed E-state index contributed by atoms with van der Waals surface area (Å²) in [7, 11) is 0. The van der Waals surface area contributed by atoms with Crippen molar-refractivity contribution in [3.05, 3.63) is 59.1 Å². The fraction of sp³-hybridized carbons (Fsp3) is 0.381. The number of benzene rings is 2. The first-order valence-corrected chi connectivity index (χ1v) is 9.49. The van der Waals surface area contributed by atoms with Gasteiger partial charge in [-0.3, -0.25) is 4.79 Å². The third-order valence-electron chi connectivity index (χ3n) is 5.03. The number of hydrogen-bond acceptors (Lipinski definition) is 4. The summed E-state index contributed by atoms with van der Waals surface area (Å²) >= 11 is 5.96. The van der Waals surface area contributed by atoms with Crippen molar-refractivity contribution < 1.29 is 19.7 Å². The smallest absolute Gasteiger partial charge is 0.251 e. The molecule has 0 aromatic heterocycles. The van der Waals surface area contributed by atoms with Crippen molar-refractivity contribution >= 4 is 17.5 Å². The molecule has 27 heavy (non-hydrogen) atoms. The molecule has 0 aliphatic heterocycles. The normalized spacial score (nSPS) is 22.2. The van der Waals surface area contributed by atoms with E-state index in [2.05, 4.69) is 5.32 Å². The molecule has 0 atom stereocenters. The van der Waals surface area contributed by atoms with Gasteiger partial charge >= 0.3 is 0 Å². The molecule has 0 unspecified atom stereocenters. The number of phenolic OH excluding ortho intramolecular Hbond substituents is 1. The maximum absolute atomic E-state index is 12.2. The molecule has 1 saturated carbocycles. The molecule has 1 aliphatic carbocycles. The highest BCUT2D eigenvalue weighted by molar-refractivity contribution is 6.30. The van der Waals surface area contributed by atoms with Gasteiger partial charge in [-0.2, -0.15) is 0 Å². The first-order chi connectivity index (χ1) is 12.9. The molecule has 1 fully saturated rings. The summed E-state index contributed by atoms with van der Waals surface area (Å²) in [5.41, 5.74) is -0.431. The van der Waals surface area contributed by atoms with Crippen molar-refractivity contribution in [2.45, 2.75) is 31.3 Å². The second-order valence-corrected chi connectivity index (χ2v) is 7.60. The largest absolute Gasteiger partial charge is 0.508 e. The SMILES string of the molecule is O=C(NC[C@]1(O)CC[C@H](COc2cccc(Cl)c2)CC1)c1ccc(O)cc1. The molecule has 5 nitrogen and oxygen atoms in total. The maximum atomic E-state index is 12.2. The Bertz CT molecular complexity index is 770. The van der Waals surface area contributed by atoms with Crippen molar-refractivity contribution in [3.63, 3.8) is 0 Å². The number of carbonyl (C=O) groups is 1. The molecule has 3 rings (SSSR count). The van der Waals surface area contributed by atoms with Gasteiger partial charge in [0.1, 0.15) is 11.5 Å². The number of aliphatic hydroxyl groups is 1. The predicted octanol–water partition coefficient (Wildman–Crippen LogP) is 3.78. The summed E-state index contributed by atoms with van der Waals surface area (Å²) in [4.78, 5) is 12.2. The highest BCUT2D eigenvalue weighted by Crippen LogP contribution is 2.32. The topological polar surface area (TPSA) is 78.8 Å². The van der Waals surface area contributed by atoms with E-state index in [1.807, 2.05) is 18.2 Å². The molecule has 3 N–H and O–H groups in total. The molecule has 2 aromatic rings. The van der Waals surface area contributed by atoms with Crippen molar-refractivity contribution in [1.29, 1.82) is 0 Å². The van der Waals surface area contributed by atoms with E-state index < -0.39 is 5.60 Å². The molecule has 1 aliphatic rings. The van der Waals surface area contributed by atoms with Gasteiger partial charge < -0.3 is 20.3 Å². The number of halogens is 1. The van der Waals surface area contributed by atoms with Crippen LogP contribution in [0.3, 0.4) is 0 Å². The van der Waals surface area contributed by atoms with Crippen LogP contribution in [0.15, 0.2) is 48.5 Å². The predicted molar refractivity (Wildman–Crippen MR) is 104 cm³/mol. The summed E-state index contributed by atoms with van der Waals surface area (Å²) in [5, 5.41) is 23.5. The number of rotatable bonds is 6. The van der Waals surface area contributed by atoms with E-state index in [-0.39, 0.29) is 18.2 Å². The van der Waals surface area contributed by atoms with Crippen LogP contribution in [-0.4, -0.2) is 34.9 Å². The highest BCUT2D eigenvalue weighted by atomic mass is 35.5. The van der Waals surface area contributed by atoms with Gasteiger partial charge in [0.15, 0.2) is 0 Å². The van der Waals surface area contributed by atoms with Crippen LogP contribution in [0.1, 0.15) is 36.0 Å². The Labute approximate surface area is 163 Å². The lowest BCUT2D eigenvalue weighted by atomic mass is 9.79. The van der Waals surface area contributed by atoms with E-state index in [0.717, 1.165) is 18.6 Å².